The molecule has 5 nitrogen and oxygen atoms in total. The predicted molar refractivity (Wildman–Crippen MR) is 56.0 cm³/mol. The van der Waals surface area contributed by atoms with Gasteiger partial charge >= 0.3 is 10.3 Å². The van der Waals surface area contributed by atoms with E-state index >= 15 is 0 Å². The minimum absolute atomic E-state index is 0.0557. The van der Waals surface area contributed by atoms with Crippen LogP contribution in [0.4, 0.5) is 0 Å². The SMILES string of the molecule is NS(=O)(=O)OCCOc1ccccc1Cl. The average molecular weight is 252 g/mol. The van der Waals surface area contributed by atoms with Crippen LogP contribution >= 0.6 is 11.6 Å². The molecule has 0 radical (unpaired) electrons. The van der Waals surface area contributed by atoms with E-state index in [2.05, 4.69) is 9.32 Å². The van der Waals surface area contributed by atoms with Gasteiger partial charge in [0.05, 0.1) is 5.02 Å². The second-order valence-electron chi connectivity index (χ2n) is 2.59. The molecule has 1 aromatic rings. The molecule has 0 fully saturated rings. The van der Waals surface area contributed by atoms with Gasteiger partial charge in [-0.25, -0.2) is 5.14 Å². The first kappa shape index (κ1) is 12.3. The maximum absolute atomic E-state index is 10.4. The monoisotopic (exact) mass is 251 g/mol. The third-order valence-electron chi connectivity index (χ3n) is 1.43. The van der Waals surface area contributed by atoms with Gasteiger partial charge in [-0.05, 0) is 12.1 Å². The molecule has 84 valence electrons. The molecule has 0 saturated carbocycles. The first-order valence-corrected chi connectivity index (χ1v) is 5.88. The molecule has 0 heterocycles. The summed E-state index contributed by atoms with van der Waals surface area (Å²) in [5.74, 6) is 0.470. The Kier molecular flexibility index (Phi) is 4.34. The van der Waals surface area contributed by atoms with Gasteiger partial charge in [0.2, 0.25) is 0 Å². The van der Waals surface area contributed by atoms with Gasteiger partial charge in [-0.3, -0.25) is 4.18 Å². The zero-order valence-electron chi connectivity index (χ0n) is 7.72. The zero-order valence-corrected chi connectivity index (χ0v) is 9.29. The van der Waals surface area contributed by atoms with Crippen molar-refractivity contribution in [3.8, 4) is 5.75 Å². The van der Waals surface area contributed by atoms with Crippen LogP contribution < -0.4 is 9.88 Å². The van der Waals surface area contributed by atoms with Crippen LogP contribution in [0.5, 0.6) is 5.75 Å². The standard InChI is InChI=1S/C8H10ClNO4S/c9-7-3-1-2-4-8(7)13-5-6-14-15(10,11)12/h1-4H,5-6H2,(H2,10,11,12). The number of hydrogen-bond acceptors (Lipinski definition) is 4. The van der Waals surface area contributed by atoms with Crippen LogP contribution in [0.1, 0.15) is 0 Å². The molecule has 1 aromatic carbocycles. The van der Waals surface area contributed by atoms with Crippen molar-refractivity contribution in [2.45, 2.75) is 0 Å². The molecule has 0 unspecified atom stereocenters. The molecule has 0 atom stereocenters. The molecule has 0 aliphatic carbocycles. The number of ether oxygens (including phenoxy) is 1. The van der Waals surface area contributed by atoms with E-state index in [-0.39, 0.29) is 13.2 Å². The Labute approximate surface area is 93.0 Å². The van der Waals surface area contributed by atoms with E-state index in [9.17, 15) is 8.42 Å². The Morgan fingerprint density at radius 3 is 2.53 bits per heavy atom. The third kappa shape index (κ3) is 4.98. The van der Waals surface area contributed by atoms with Gasteiger partial charge in [0, 0.05) is 0 Å². The van der Waals surface area contributed by atoms with E-state index in [1.807, 2.05) is 0 Å². The van der Waals surface area contributed by atoms with Gasteiger partial charge in [-0.2, -0.15) is 8.42 Å². The van der Waals surface area contributed by atoms with Crippen LogP contribution in [0, 0.1) is 0 Å². The molecule has 0 aromatic heterocycles. The highest BCUT2D eigenvalue weighted by molar-refractivity contribution is 7.84. The highest BCUT2D eigenvalue weighted by Crippen LogP contribution is 2.22. The maximum Gasteiger partial charge on any atom is 0.333 e. The van der Waals surface area contributed by atoms with Gasteiger partial charge in [0.1, 0.15) is 19.0 Å². The maximum atomic E-state index is 10.4. The van der Waals surface area contributed by atoms with E-state index in [1.165, 1.54) is 0 Å². The van der Waals surface area contributed by atoms with Crippen molar-refractivity contribution in [1.82, 2.24) is 0 Å². The van der Waals surface area contributed by atoms with Gasteiger partial charge in [0.25, 0.3) is 0 Å². The van der Waals surface area contributed by atoms with Crippen LogP contribution in [0.25, 0.3) is 0 Å². The summed E-state index contributed by atoms with van der Waals surface area (Å²) in [5, 5.41) is 5.07. The molecule has 1 rings (SSSR count). The van der Waals surface area contributed by atoms with Crippen LogP contribution in [0.3, 0.4) is 0 Å². The molecule has 0 aliphatic rings. The highest BCUT2D eigenvalue weighted by atomic mass is 35.5. The van der Waals surface area contributed by atoms with Gasteiger partial charge < -0.3 is 4.74 Å². The van der Waals surface area contributed by atoms with Crippen molar-refractivity contribution >= 4 is 21.9 Å². The minimum Gasteiger partial charge on any atom is -0.490 e. The largest absolute Gasteiger partial charge is 0.490 e. The van der Waals surface area contributed by atoms with Crippen molar-refractivity contribution < 1.29 is 17.3 Å². The summed E-state index contributed by atoms with van der Waals surface area (Å²) in [6, 6.07) is 6.84. The summed E-state index contributed by atoms with van der Waals surface area (Å²) in [5.41, 5.74) is 0. The molecule has 0 spiro atoms. The Balaban J connectivity index is 2.36. The molecule has 0 aliphatic heterocycles. The second kappa shape index (κ2) is 5.32. The fraction of sp³-hybridized carbons (Fsp3) is 0.250. The van der Waals surface area contributed by atoms with Crippen LogP contribution in [-0.4, -0.2) is 21.6 Å². The number of nitrogens with two attached hydrogens (primary N) is 1. The van der Waals surface area contributed by atoms with Crippen LogP contribution in [0.15, 0.2) is 24.3 Å². The summed E-state index contributed by atoms with van der Waals surface area (Å²) in [7, 11) is -3.90. The molecule has 7 heteroatoms. The summed E-state index contributed by atoms with van der Waals surface area (Å²) < 4.78 is 30.2. The van der Waals surface area contributed by atoms with Gasteiger partial charge in [0.15, 0.2) is 0 Å². The molecule has 0 bridgehead atoms. The molecular formula is C8H10ClNO4S. The third-order valence-corrected chi connectivity index (χ3v) is 2.23. The van der Waals surface area contributed by atoms with E-state index in [1.54, 1.807) is 24.3 Å². The number of rotatable bonds is 5. The van der Waals surface area contributed by atoms with E-state index in [0.29, 0.717) is 10.8 Å². The lowest BCUT2D eigenvalue weighted by atomic mass is 10.3. The van der Waals surface area contributed by atoms with Crippen molar-refractivity contribution in [3.05, 3.63) is 29.3 Å². The lowest BCUT2D eigenvalue weighted by Gasteiger charge is -2.06. The number of para-hydroxylation sites is 1. The van der Waals surface area contributed by atoms with E-state index < -0.39 is 10.3 Å². The minimum atomic E-state index is -3.90. The first-order chi connectivity index (χ1) is 6.99. The Morgan fingerprint density at radius 2 is 1.93 bits per heavy atom. The van der Waals surface area contributed by atoms with Crippen molar-refractivity contribution in [2.75, 3.05) is 13.2 Å². The summed E-state index contributed by atoms with van der Waals surface area (Å²) in [4.78, 5) is 0. The fourth-order valence-corrected chi connectivity index (χ4v) is 1.35. The van der Waals surface area contributed by atoms with Crippen molar-refractivity contribution in [3.63, 3.8) is 0 Å². The first-order valence-electron chi connectivity index (χ1n) is 4.03. The Bertz CT molecular complexity index is 420. The Morgan fingerprint density at radius 1 is 1.27 bits per heavy atom. The van der Waals surface area contributed by atoms with Crippen molar-refractivity contribution in [2.24, 2.45) is 5.14 Å². The van der Waals surface area contributed by atoms with E-state index in [0.717, 1.165) is 0 Å². The molecular weight excluding hydrogens is 242 g/mol. The van der Waals surface area contributed by atoms with Crippen molar-refractivity contribution in [1.29, 1.82) is 0 Å². The molecule has 0 saturated heterocycles. The van der Waals surface area contributed by atoms with Crippen LogP contribution in [-0.2, 0) is 14.5 Å². The quantitative estimate of drug-likeness (QED) is 0.790. The summed E-state index contributed by atoms with van der Waals surface area (Å²) >= 11 is 5.78. The highest BCUT2D eigenvalue weighted by Gasteiger charge is 2.03. The van der Waals surface area contributed by atoms with Gasteiger partial charge in [-0.15, -0.1) is 0 Å². The molecule has 2 N–H and O–H groups in total. The van der Waals surface area contributed by atoms with Gasteiger partial charge in [-0.1, -0.05) is 23.7 Å². The fourth-order valence-electron chi connectivity index (χ4n) is 0.864. The lowest BCUT2D eigenvalue weighted by Crippen LogP contribution is -2.19. The number of benzene rings is 1. The number of hydrogen-bond donors (Lipinski definition) is 1. The smallest absolute Gasteiger partial charge is 0.333 e. The second-order valence-corrected chi connectivity index (χ2v) is 4.22. The summed E-state index contributed by atoms with van der Waals surface area (Å²) in [6.07, 6.45) is 0. The number of halogens is 1. The molecule has 0 amide bonds. The summed E-state index contributed by atoms with van der Waals surface area (Å²) in [6.45, 7) is -0.0930. The average Bonchev–Trinajstić information content (AvgIpc) is 2.13. The van der Waals surface area contributed by atoms with Crippen LogP contribution in [0.2, 0.25) is 5.02 Å². The predicted octanol–water partition coefficient (Wildman–Crippen LogP) is 0.939. The molecule has 15 heavy (non-hydrogen) atoms. The Hall–Kier alpha value is -0.820. The van der Waals surface area contributed by atoms with E-state index in [4.69, 9.17) is 16.3 Å². The lowest BCUT2D eigenvalue weighted by molar-refractivity contribution is 0.221. The normalized spacial score (nSPS) is 11.3. The zero-order chi connectivity index (χ0) is 11.3. The topological polar surface area (TPSA) is 78.6 Å².